The topological polar surface area (TPSA) is 55.4 Å². The van der Waals surface area contributed by atoms with Crippen LogP contribution in [0.25, 0.3) is 6.08 Å². The lowest BCUT2D eigenvalue weighted by molar-refractivity contribution is -0.115. The number of hydrogen-bond acceptors (Lipinski definition) is 4. The first-order valence-electron chi connectivity index (χ1n) is 5.20. The molecule has 1 aliphatic rings. The maximum absolute atomic E-state index is 12.7. The normalized spacial score (nSPS) is 18.9. The highest BCUT2D eigenvalue weighted by molar-refractivity contribution is 8.18. The van der Waals surface area contributed by atoms with Gasteiger partial charge in [-0.1, -0.05) is 12.1 Å². The van der Waals surface area contributed by atoms with E-state index in [0.717, 1.165) is 11.8 Å². The molecule has 0 aromatic heterocycles. The third-order valence-electron chi connectivity index (χ3n) is 2.10. The Hall–Kier alpha value is -1.82. The highest BCUT2D eigenvalue weighted by Gasteiger charge is 2.24. The molecule has 6 heteroatoms. The minimum atomic E-state index is -1.40. The van der Waals surface area contributed by atoms with Crippen molar-refractivity contribution in [1.82, 2.24) is 5.32 Å². The lowest BCUT2D eigenvalue weighted by atomic mass is 10.2. The van der Waals surface area contributed by atoms with Crippen LogP contribution >= 0.6 is 11.8 Å². The first kappa shape index (κ1) is 12.6. The Morgan fingerprint density at radius 2 is 2.22 bits per heavy atom. The van der Waals surface area contributed by atoms with Gasteiger partial charge in [0.1, 0.15) is 5.75 Å². The molecule has 1 aromatic carbocycles. The van der Waals surface area contributed by atoms with E-state index in [9.17, 15) is 14.0 Å². The van der Waals surface area contributed by atoms with Gasteiger partial charge < -0.3 is 4.74 Å². The second-order valence-corrected chi connectivity index (χ2v) is 4.60. The number of carbonyl (C=O) groups is 2. The van der Waals surface area contributed by atoms with Gasteiger partial charge in [0.05, 0.1) is 4.91 Å². The zero-order chi connectivity index (χ0) is 13.1. The van der Waals surface area contributed by atoms with Crippen molar-refractivity contribution in [3.63, 3.8) is 0 Å². The Balaban J connectivity index is 2.21. The summed E-state index contributed by atoms with van der Waals surface area (Å²) >= 11 is 0.835. The number of imide groups is 1. The number of carbonyl (C=O) groups excluding carboxylic acids is 2. The molecule has 1 aliphatic heterocycles. The SMILES string of the molecule is CC(F)Oc1cccc(/C=C2/SC(=O)NC2=O)c1. The lowest BCUT2D eigenvalue weighted by Gasteiger charge is -2.07. The first-order chi connectivity index (χ1) is 8.54. The molecule has 0 radical (unpaired) electrons. The largest absolute Gasteiger partial charge is 0.461 e. The van der Waals surface area contributed by atoms with Crippen molar-refractivity contribution in [1.29, 1.82) is 0 Å². The van der Waals surface area contributed by atoms with Crippen LogP contribution in [0.1, 0.15) is 12.5 Å². The van der Waals surface area contributed by atoms with Gasteiger partial charge in [-0.2, -0.15) is 0 Å². The van der Waals surface area contributed by atoms with Gasteiger partial charge in [0.2, 0.25) is 6.36 Å². The number of benzene rings is 1. The van der Waals surface area contributed by atoms with E-state index in [1.807, 2.05) is 0 Å². The van der Waals surface area contributed by atoms with Crippen molar-refractivity contribution in [3.05, 3.63) is 34.7 Å². The highest BCUT2D eigenvalue weighted by atomic mass is 32.2. The maximum Gasteiger partial charge on any atom is 0.290 e. The number of ether oxygens (including phenoxy) is 1. The van der Waals surface area contributed by atoms with E-state index in [1.165, 1.54) is 6.92 Å². The number of hydrogen-bond donors (Lipinski definition) is 1. The standard InChI is InChI=1S/C12H10FNO3S/c1-7(13)17-9-4-2-3-8(5-9)6-10-11(15)14-12(16)18-10/h2-7H,1H3,(H,14,15,16)/b10-6+. The number of amides is 2. The average molecular weight is 267 g/mol. The van der Waals surface area contributed by atoms with Crippen LogP contribution in [0, 0.1) is 0 Å². The molecular formula is C12H10FNO3S. The molecule has 94 valence electrons. The van der Waals surface area contributed by atoms with Crippen LogP contribution in [0.2, 0.25) is 0 Å². The van der Waals surface area contributed by atoms with Crippen molar-refractivity contribution in [3.8, 4) is 5.75 Å². The van der Waals surface area contributed by atoms with Crippen LogP contribution in [-0.4, -0.2) is 17.5 Å². The Labute approximate surface area is 107 Å². The molecular weight excluding hydrogens is 257 g/mol. The van der Waals surface area contributed by atoms with E-state index in [0.29, 0.717) is 16.2 Å². The summed E-state index contributed by atoms with van der Waals surface area (Å²) in [6.45, 7) is 1.28. The van der Waals surface area contributed by atoms with E-state index < -0.39 is 17.5 Å². The molecule has 4 nitrogen and oxygen atoms in total. The number of thioether (sulfide) groups is 1. The summed E-state index contributed by atoms with van der Waals surface area (Å²) in [4.78, 5) is 22.6. The molecule has 2 rings (SSSR count). The fourth-order valence-electron chi connectivity index (χ4n) is 1.44. The predicted molar refractivity (Wildman–Crippen MR) is 66.7 cm³/mol. The highest BCUT2D eigenvalue weighted by Crippen LogP contribution is 2.26. The fraction of sp³-hybridized carbons (Fsp3) is 0.167. The van der Waals surface area contributed by atoms with Crippen molar-refractivity contribution < 1.29 is 18.7 Å². The van der Waals surface area contributed by atoms with Crippen LogP contribution in [0.5, 0.6) is 5.75 Å². The molecule has 0 spiro atoms. The van der Waals surface area contributed by atoms with E-state index in [1.54, 1.807) is 30.3 Å². The summed E-state index contributed by atoms with van der Waals surface area (Å²) in [5.74, 6) is -0.0516. The molecule has 2 amide bonds. The predicted octanol–water partition coefficient (Wildman–Crippen LogP) is 2.70. The monoisotopic (exact) mass is 267 g/mol. The third kappa shape index (κ3) is 3.10. The van der Waals surface area contributed by atoms with E-state index in [4.69, 9.17) is 4.74 Å². The second-order valence-electron chi connectivity index (χ2n) is 3.59. The maximum atomic E-state index is 12.7. The molecule has 1 heterocycles. The second kappa shape index (κ2) is 5.22. The van der Waals surface area contributed by atoms with Gasteiger partial charge in [0.25, 0.3) is 11.1 Å². The molecule has 1 N–H and O–H groups in total. The van der Waals surface area contributed by atoms with Gasteiger partial charge in [-0.15, -0.1) is 0 Å². The first-order valence-corrected chi connectivity index (χ1v) is 6.02. The van der Waals surface area contributed by atoms with Crippen LogP contribution in [0.4, 0.5) is 9.18 Å². The molecule has 0 saturated carbocycles. The van der Waals surface area contributed by atoms with Gasteiger partial charge in [0, 0.05) is 6.92 Å². The fourth-order valence-corrected chi connectivity index (χ4v) is 2.12. The van der Waals surface area contributed by atoms with Crippen molar-refractivity contribution in [2.75, 3.05) is 0 Å². The zero-order valence-electron chi connectivity index (χ0n) is 9.48. The van der Waals surface area contributed by atoms with Crippen molar-refractivity contribution in [2.24, 2.45) is 0 Å². The third-order valence-corrected chi connectivity index (χ3v) is 2.91. The van der Waals surface area contributed by atoms with Gasteiger partial charge in [-0.05, 0) is 35.5 Å². The smallest absolute Gasteiger partial charge is 0.290 e. The van der Waals surface area contributed by atoms with Gasteiger partial charge in [-0.25, -0.2) is 4.39 Å². The molecule has 1 atom stereocenters. The van der Waals surface area contributed by atoms with Crippen molar-refractivity contribution >= 4 is 29.0 Å². The molecule has 1 fully saturated rings. The molecule has 1 unspecified atom stereocenters. The van der Waals surface area contributed by atoms with E-state index in [-0.39, 0.29) is 0 Å². The Bertz CT molecular complexity index is 528. The summed E-state index contributed by atoms with van der Waals surface area (Å²) in [6, 6.07) is 6.63. The summed E-state index contributed by atoms with van der Waals surface area (Å²) in [7, 11) is 0. The summed E-state index contributed by atoms with van der Waals surface area (Å²) in [6.07, 6.45) is 0.152. The zero-order valence-corrected chi connectivity index (χ0v) is 10.3. The number of rotatable bonds is 3. The summed E-state index contributed by atoms with van der Waals surface area (Å²) in [5.41, 5.74) is 0.667. The minimum absolute atomic E-state index is 0.311. The Morgan fingerprint density at radius 3 is 2.83 bits per heavy atom. The average Bonchev–Trinajstić information content (AvgIpc) is 2.57. The number of nitrogens with one attached hydrogen (secondary N) is 1. The summed E-state index contributed by atoms with van der Waals surface area (Å²) < 4.78 is 17.6. The molecule has 0 bridgehead atoms. The van der Waals surface area contributed by atoms with E-state index in [2.05, 4.69) is 5.32 Å². The summed E-state index contributed by atoms with van der Waals surface area (Å²) in [5, 5.41) is 1.77. The minimum Gasteiger partial charge on any atom is -0.461 e. The number of halogens is 1. The quantitative estimate of drug-likeness (QED) is 0.855. The number of alkyl halides is 1. The molecule has 1 aromatic rings. The lowest BCUT2D eigenvalue weighted by Crippen LogP contribution is -2.17. The molecule has 18 heavy (non-hydrogen) atoms. The molecule has 1 saturated heterocycles. The van der Waals surface area contributed by atoms with Gasteiger partial charge >= 0.3 is 0 Å². The van der Waals surface area contributed by atoms with Gasteiger partial charge in [-0.3, -0.25) is 14.9 Å². The Morgan fingerprint density at radius 1 is 1.44 bits per heavy atom. The van der Waals surface area contributed by atoms with Crippen LogP contribution in [-0.2, 0) is 4.79 Å². The van der Waals surface area contributed by atoms with Crippen LogP contribution < -0.4 is 10.1 Å². The van der Waals surface area contributed by atoms with Crippen LogP contribution in [0.15, 0.2) is 29.2 Å². The van der Waals surface area contributed by atoms with Crippen LogP contribution in [0.3, 0.4) is 0 Å². The van der Waals surface area contributed by atoms with Crippen molar-refractivity contribution in [2.45, 2.75) is 13.3 Å². The van der Waals surface area contributed by atoms with Gasteiger partial charge in [0.15, 0.2) is 0 Å². The van der Waals surface area contributed by atoms with E-state index >= 15 is 0 Å². The Kier molecular flexibility index (Phi) is 3.66. The molecule has 0 aliphatic carbocycles.